The molecule has 0 bridgehead atoms. The molecule has 1 unspecified atom stereocenters. The van der Waals surface area contributed by atoms with Crippen LogP contribution in [0.25, 0.3) is 0 Å². The van der Waals surface area contributed by atoms with E-state index >= 15 is 0 Å². The fourth-order valence-corrected chi connectivity index (χ4v) is 3.14. The van der Waals surface area contributed by atoms with E-state index in [2.05, 4.69) is 60.4 Å². The van der Waals surface area contributed by atoms with Crippen LogP contribution in [0.4, 0.5) is 5.95 Å². The molecule has 0 saturated carbocycles. The van der Waals surface area contributed by atoms with Gasteiger partial charge in [0.15, 0.2) is 0 Å². The first-order valence-electron chi connectivity index (χ1n) is 7.80. The van der Waals surface area contributed by atoms with Crippen molar-refractivity contribution in [2.45, 2.75) is 25.3 Å². The number of likely N-dealkylation sites (tertiary alicyclic amines) is 1. The Labute approximate surface area is 140 Å². The molecule has 0 radical (unpaired) electrons. The summed E-state index contributed by atoms with van der Waals surface area (Å²) in [6, 6.07) is 10.9. The van der Waals surface area contributed by atoms with Crippen molar-refractivity contribution in [1.29, 1.82) is 0 Å². The normalized spacial score (nSPS) is 19.0. The van der Waals surface area contributed by atoms with Crippen molar-refractivity contribution in [2.24, 2.45) is 0 Å². The van der Waals surface area contributed by atoms with Crippen LogP contribution in [0.15, 0.2) is 47.2 Å². The molecule has 22 heavy (non-hydrogen) atoms. The SMILES string of the molecule is Brc1ccc(CCN2CCCC(Nc3ncccn3)C2)cc1. The highest BCUT2D eigenvalue weighted by Crippen LogP contribution is 2.15. The summed E-state index contributed by atoms with van der Waals surface area (Å²) >= 11 is 3.48. The topological polar surface area (TPSA) is 41.0 Å². The number of hydrogen-bond acceptors (Lipinski definition) is 4. The predicted octanol–water partition coefficient (Wildman–Crippen LogP) is 3.36. The summed E-state index contributed by atoms with van der Waals surface area (Å²) in [5.74, 6) is 0.738. The van der Waals surface area contributed by atoms with E-state index < -0.39 is 0 Å². The van der Waals surface area contributed by atoms with Gasteiger partial charge in [-0.05, 0) is 49.6 Å². The Morgan fingerprint density at radius 1 is 1.18 bits per heavy atom. The van der Waals surface area contributed by atoms with E-state index in [1.807, 2.05) is 6.07 Å². The molecule has 0 spiro atoms. The van der Waals surface area contributed by atoms with Gasteiger partial charge in [0.2, 0.25) is 5.95 Å². The fraction of sp³-hybridized carbons (Fsp3) is 0.412. The summed E-state index contributed by atoms with van der Waals surface area (Å²) in [6.45, 7) is 3.36. The second-order valence-corrected chi connectivity index (χ2v) is 6.65. The number of piperidine rings is 1. The average Bonchev–Trinajstić information content (AvgIpc) is 2.56. The van der Waals surface area contributed by atoms with Crippen molar-refractivity contribution in [3.8, 4) is 0 Å². The minimum absolute atomic E-state index is 0.445. The Bertz CT molecular complexity index is 573. The van der Waals surface area contributed by atoms with Crippen molar-refractivity contribution in [3.63, 3.8) is 0 Å². The number of anilines is 1. The van der Waals surface area contributed by atoms with E-state index in [0.717, 1.165) is 29.9 Å². The minimum Gasteiger partial charge on any atom is -0.350 e. The Kier molecular flexibility index (Phi) is 5.40. The number of nitrogens with zero attached hydrogens (tertiary/aromatic N) is 3. The zero-order valence-corrected chi connectivity index (χ0v) is 14.2. The number of rotatable bonds is 5. The minimum atomic E-state index is 0.445. The van der Waals surface area contributed by atoms with Gasteiger partial charge in [0.1, 0.15) is 0 Å². The van der Waals surface area contributed by atoms with Gasteiger partial charge in [-0.2, -0.15) is 0 Å². The molecule has 1 aliphatic rings. The number of aromatic nitrogens is 2. The van der Waals surface area contributed by atoms with Crippen molar-refractivity contribution in [3.05, 3.63) is 52.8 Å². The van der Waals surface area contributed by atoms with Gasteiger partial charge >= 0.3 is 0 Å². The molecule has 1 atom stereocenters. The third-order valence-corrected chi connectivity index (χ3v) is 4.56. The van der Waals surface area contributed by atoms with Crippen molar-refractivity contribution in [2.75, 3.05) is 25.0 Å². The van der Waals surface area contributed by atoms with Crippen LogP contribution < -0.4 is 5.32 Å². The van der Waals surface area contributed by atoms with Crippen LogP contribution in [0.5, 0.6) is 0 Å². The molecule has 116 valence electrons. The largest absolute Gasteiger partial charge is 0.350 e. The number of benzene rings is 1. The van der Waals surface area contributed by atoms with Gasteiger partial charge in [-0.15, -0.1) is 0 Å². The molecule has 1 aromatic carbocycles. The summed E-state index contributed by atoms with van der Waals surface area (Å²) in [5.41, 5.74) is 1.39. The standard InChI is InChI=1S/C17H21BrN4/c18-15-6-4-14(5-7-15)8-12-22-11-1-3-16(13-22)21-17-19-9-2-10-20-17/h2,4-7,9-10,16H,1,3,8,11-13H2,(H,19,20,21). The van der Waals surface area contributed by atoms with Crippen molar-refractivity contribution < 1.29 is 0 Å². The smallest absolute Gasteiger partial charge is 0.222 e. The number of nitrogens with one attached hydrogen (secondary N) is 1. The number of hydrogen-bond donors (Lipinski definition) is 1. The highest BCUT2D eigenvalue weighted by molar-refractivity contribution is 9.10. The summed E-state index contributed by atoms with van der Waals surface area (Å²) < 4.78 is 1.14. The zero-order chi connectivity index (χ0) is 15.2. The summed E-state index contributed by atoms with van der Waals surface area (Å²) in [4.78, 5) is 11.0. The average molecular weight is 361 g/mol. The Morgan fingerprint density at radius 3 is 2.73 bits per heavy atom. The molecule has 0 aliphatic carbocycles. The van der Waals surface area contributed by atoms with Gasteiger partial charge in [0.05, 0.1) is 0 Å². The van der Waals surface area contributed by atoms with Gasteiger partial charge in [-0.1, -0.05) is 28.1 Å². The van der Waals surface area contributed by atoms with E-state index in [1.54, 1.807) is 12.4 Å². The first kappa shape index (κ1) is 15.4. The van der Waals surface area contributed by atoms with E-state index in [9.17, 15) is 0 Å². The number of halogens is 1. The van der Waals surface area contributed by atoms with Crippen LogP contribution in [-0.2, 0) is 6.42 Å². The van der Waals surface area contributed by atoms with Gasteiger partial charge in [0.25, 0.3) is 0 Å². The van der Waals surface area contributed by atoms with Gasteiger partial charge < -0.3 is 10.2 Å². The quantitative estimate of drug-likeness (QED) is 0.887. The molecule has 1 N–H and O–H groups in total. The Morgan fingerprint density at radius 2 is 1.95 bits per heavy atom. The molecule has 2 heterocycles. The van der Waals surface area contributed by atoms with Crippen LogP contribution in [0.1, 0.15) is 18.4 Å². The van der Waals surface area contributed by atoms with E-state index in [-0.39, 0.29) is 0 Å². The summed E-state index contributed by atoms with van der Waals surface area (Å²) in [6.07, 6.45) is 7.08. The van der Waals surface area contributed by atoms with Gasteiger partial charge in [0, 0.05) is 36.0 Å². The lowest BCUT2D eigenvalue weighted by Crippen LogP contribution is -2.43. The van der Waals surface area contributed by atoms with Crippen LogP contribution in [-0.4, -0.2) is 40.5 Å². The second kappa shape index (κ2) is 7.70. The van der Waals surface area contributed by atoms with Crippen LogP contribution in [0, 0.1) is 0 Å². The predicted molar refractivity (Wildman–Crippen MR) is 93.0 cm³/mol. The van der Waals surface area contributed by atoms with Crippen molar-refractivity contribution >= 4 is 21.9 Å². The first-order valence-corrected chi connectivity index (χ1v) is 8.59. The van der Waals surface area contributed by atoms with Crippen LogP contribution in [0.2, 0.25) is 0 Å². The molecule has 4 nitrogen and oxygen atoms in total. The lowest BCUT2D eigenvalue weighted by molar-refractivity contribution is 0.218. The molecule has 0 amide bonds. The lowest BCUT2D eigenvalue weighted by Gasteiger charge is -2.33. The zero-order valence-electron chi connectivity index (χ0n) is 12.6. The third kappa shape index (κ3) is 4.52. The Balaban J connectivity index is 1.49. The highest BCUT2D eigenvalue weighted by atomic mass is 79.9. The fourth-order valence-electron chi connectivity index (χ4n) is 2.87. The highest BCUT2D eigenvalue weighted by Gasteiger charge is 2.19. The molecule has 2 aromatic rings. The molecule has 1 fully saturated rings. The van der Waals surface area contributed by atoms with Gasteiger partial charge in [-0.25, -0.2) is 9.97 Å². The molecule has 1 aliphatic heterocycles. The molecular formula is C17H21BrN4. The lowest BCUT2D eigenvalue weighted by atomic mass is 10.0. The molecule has 1 aromatic heterocycles. The van der Waals surface area contributed by atoms with E-state index in [0.29, 0.717) is 6.04 Å². The summed E-state index contributed by atoms with van der Waals surface area (Å²) in [5, 5.41) is 3.45. The molecule has 1 saturated heterocycles. The van der Waals surface area contributed by atoms with Crippen molar-refractivity contribution in [1.82, 2.24) is 14.9 Å². The third-order valence-electron chi connectivity index (χ3n) is 4.03. The first-order chi connectivity index (χ1) is 10.8. The van der Waals surface area contributed by atoms with E-state index in [4.69, 9.17) is 0 Å². The molecule has 3 rings (SSSR count). The molecule has 5 heteroatoms. The van der Waals surface area contributed by atoms with E-state index in [1.165, 1.54) is 24.9 Å². The monoisotopic (exact) mass is 360 g/mol. The molecular weight excluding hydrogens is 340 g/mol. The maximum atomic E-state index is 4.25. The maximum Gasteiger partial charge on any atom is 0.222 e. The van der Waals surface area contributed by atoms with Crippen LogP contribution in [0.3, 0.4) is 0 Å². The summed E-state index contributed by atoms with van der Waals surface area (Å²) in [7, 11) is 0. The maximum absolute atomic E-state index is 4.25. The van der Waals surface area contributed by atoms with Gasteiger partial charge in [-0.3, -0.25) is 0 Å². The Hall–Kier alpha value is -1.46. The second-order valence-electron chi connectivity index (χ2n) is 5.73. The van der Waals surface area contributed by atoms with Crippen LogP contribution >= 0.6 is 15.9 Å².